The monoisotopic (exact) mass is 466 g/mol. The van der Waals surface area contributed by atoms with Gasteiger partial charge >= 0.3 is 0 Å². The summed E-state index contributed by atoms with van der Waals surface area (Å²) in [5.41, 5.74) is 33.1. The first kappa shape index (κ1) is 19.2. The third-order valence-electron chi connectivity index (χ3n) is 7.74. The molecule has 0 fully saturated rings. The molecular weight excluding hydrogens is 444 g/mol. The molecule has 8 aromatic rings. The Morgan fingerprint density at radius 1 is 0.444 bits per heavy atom. The number of rotatable bonds is 0. The Kier molecular flexibility index (Phi) is 3.37. The molecule has 0 spiro atoms. The van der Waals surface area contributed by atoms with Gasteiger partial charge in [-0.1, -0.05) is 36.4 Å². The SMILES string of the molecule is Nc1cccc2cc3[nH]c4cc5c(N)c6c(cc5c(N)c4c3cc12)[nH]c1c2cccc(N)c2ccc16. The molecule has 0 unspecified atom stereocenters. The van der Waals surface area contributed by atoms with Gasteiger partial charge in [-0.3, -0.25) is 0 Å². The van der Waals surface area contributed by atoms with Crippen molar-refractivity contribution in [2.24, 2.45) is 0 Å². The first-order chi connectivity index (χ1) is 17.5. The minimum Gasteiger partial charge on any atom is -0.398 e. The molecule has 2 aromatic heterocycles. The summed E-state index contributed by atoms with van der Waals surface area (Å²) >= 11 is 0. The fourth-order valence-electron chi connectivity index (χ4n) is 6.04. The summed E-state index contributed by atoms with van der Waals surface area (Å²) in [6.07, 6.45) is 0. The summed E-state index contributed by atoms with van der Waals surface area (Å²) in [4.78, 5) is 7.16. The molecule has 0 atom stereocenters. The van der Waals surface area contributed by atoms with E-state index in [1.54, 1.807) is 0 Å². The second-order valence-electron chi connectivity index (χ2n) is 9.67. The Balaban J connectivity index is 1.53. The minimum absolute atomic E-state index is 0.698. The zero-order valence-electron chi connectivity index (χ0n) is 19.2. The van der Waals surface area contributed by atoms with E-state index in [9.17, 15) is 0 Å². The average molecular weight is 467 g/mol. The number of nitrogens with one attached hydrogen (secondary N) is 2. The van der Waals surface area contributed by atoms with Crippen LogP contribution in [0.4, 0.5) is 22.7 Å². The van der Waals surface area contributed by atoms with Crippen molar-refractivity contribution in [1.82, 2.24) is 9.97 Å². The van der Waals surface area contributed by atoms with Gasteiger partial charge in [0.25, 0.3) is 0 Å². The molecule has 0 saturated carbocycles. The molecule has 6 heteroatoms. The van der Waals surface area contributed by atoms with E-state index < -0.39 is 0 Å². The Morgan fingerprint density at radius 3 is 1.86 bits per heavy atom. The molecule has 0 amide bonds. The van der Waals surface area contributed by atoms with Crippen LogP contribution in [0.25, 0.3) is 75.9 Å². The molecule has 36 heavy (non-hydrogen) atoms. The third kappa shape index (κ3) is 2.25. The molecule has 8 rings (SSSR count). The highest BCUT2D eigenvalue weighted by Gasteiger charge is 2.18. The fourth-order valence-corrected chi connectivity index (χ4v) is 6.04. The van der Waals surface area contributed by atoms with Crippen LogP contribution < -0.4 is 22.9 Å². The van der Waals surface area contributed by atoms with Gasteiger partial charge in [0.05, 0.1) is 5.52 Å². The van der Waals surface area contributed by atoms with Crippen LogP contribution in [-0.4, -0.2) is 9.97 Å². The van der Waals surface area contributed by atoms with Crippen LogP contribution in [0, 0.1) is 0 Å². The number of aromatic nitrogens is 2. The number of aromatic amines is 2. The van der Waals surface area contributed by atoms with Crippen LogP contribution in [0.15, 0.2) is 72.8 Å². The summed E-state index contributed by atoms with van der Waals surface area (Å²) in [6, 6.07) is 24.6. The number of hydrogen-bond donors (Lipinski definition) is 6. The third-order valence-corrected chi connectivity index (χ3v) is 7.74. The highest BCUT2D eigenvalue weighted by molar-refractivity contribution is 6.30. The number of benzene rings is 6. The molecule has 0 radical (unpaired) electrons. The maximum absolute atomic E-state index is 6.87. The lowest BCUT2D eigenvalue weighted by molar-refractivity contribution is 1.56. The van der Waals surface area contributed by atoms with Crippen molar-refractivity contribution in [1.29, 1.82) is 0 Å². The van der Waals surface area contributed by atoms with Gasteiger partial charge in [0, 0.05) is 87.8 Å². The number of fused-ring (bicyclic) bond motifs is 10. The molecule has 0 aliphatic rings. The molecule has 6 aromatic carbocycles. The van der Waals surface area contributed by atoms with Crippen LogP contribution in [-0.2, 0) is 0 Å². The van der Waals surface area contributed by atoms with E-state index >= 15 is 0 Å². The molecule has 10 N–H and O–H groups in total. The first-order valence-corrected chi connectivity index (χ1v) is 11.9. The first-order valence-electron chi connectivity index (χ1n) is 11.9. The van der Waals surface area contributed by atoms with E-state index in [-0.39, 0.29) is 0 Å². The van der Waals surface area contributed by atoms with Gasteiger partial charge in [0.2, 0.25) is 0 Å². The number of hydrogen-bond acceptors (Lipinski definition) is 4. The Morgan fingerprint density at radius 2 is 1.08 bits per heavy atom. The summed E-state index contributed by atoms with van der Waals surface area (Å²) in [7, 11) is 0. The van der Waals surface area contributed by atoms with Crippen molar-refractivity contribution in [3.8, 4) is 0 Å². The van der Waals surface area contributed by atoms with Crippen LogP contribution in [0.5, 0.6) is 0 Å². The predicted octanol–water partition coefficient (Wildman–Crippen LogP) is 6.74. The van der Waals surface area contributed by atoms with Crippen molar-refractivity contribution in [3.05, 3.63) is 72.8 Å². The van der Waals surface area contributed by atoms with Crippen molar-refractivity contribution >= 4 is 98.7 Å². The van der Waals surface area contributed by atoms with Gasteiger partial charge in [0.1, 0.15) is 0 Å². The average Bonchev–Trinajstić information content (AvgIpc) is 3.42. The van der Waals surface area contributed by atoms with E-state index in [0.717, 1.165) is 87.3 Å². The summed E-state index contributed by atoms with van der Waals surface area (Å²) < 4.78 is 0. The van der Waals surface area contributed by atoms with Crippen LogP contribution >= 0.6 is 0 Å². The Bertz CT molecular complexity index is 2250. The number of nitrogen functional groups attached to an aromatic ring is 4. The molecule has 0 bridgehead atoms. The second kappa shape index (κ2) is 6.31. The topological polar surface area (TPSA) is 136 Å². The standard InChI is InChI=1S/C30H22N6/c31-21-6-2-4-15-14(21)7-8-16-26-25(36-30(15)16)12-19-18(28(26)33)11-24-27(29(19)34)20-10-17-13(9-23(20)35-24)3-1-5-22(17)32/h1-12,35-36H,31-34H2. The quantitative estimate of drug-likeness (QED) is 0.138. The van der Waals surface area contributed by atoms with E-state index in [4.69, 9.17) is 22.9 Å². The zero-order valence-corrected chi connectivity index (χ0v) is 19.2. The smallest absolute Gasteiger partial charge is 0.0546 e. The van der Waals surface area contributed by atoms with Crippen molar-refractivity contribution in [3.63, 3.8) is 0 Å². The lowest BCUT2D eigenvalue weighted by Gasteiger charge is -2.09. The predicted molar refractivity (Wildman–Crippen MR) is 155 cm³/mol. The van der Waals surface area contributed by atoms with Gasteiger partial charge in [-0.2, -0.15) is 0 Å². The molecule has 6 nitrogen and oxygen atoms in total. The summed E-state index contributed by atoms with van der Waals surface area (Å²) in [5, 5.41) is 10.1. The number of anilines is 4. The maximum Gasteiger partial charge on any atom is 0.0546 e. The highest BCUT2D eigenvalue weighted by atomic mass is 14.7. The lowest BCUT2D eigenvalue weighted by Crippen LogP contribution is -1.94. The van der Waals surface area contributed by atoms with Gasteiger partial charge < -0.3 is 32.9 Å². The maximum atomic E-state index is 6.87. The number of nitrogens with two attached hydrogens (primary N) is 4. The molecule has 172 valence electrons. The molecule has 0 aliphatic heterocycles. The van der Waals surface area contributed by atoms with Crippen molar-refractivity contribution in [2.45, 2.75) is 0 Å². The summed E-state index contributed by atoms with van der Waals surface area (Å²) in [5.74, 6) is 0. The fraction of sp³-hybridized carbons (Fsp3) is 0. The van der Waals surface area contributed by atoms with Crippen molar-refractivity contribution in [2.75, 3.05) is 22.9 Å². The van der Waals surface area contributed by atoms with E-state index in [0.29, 0.717) is 11.4 Å². The van der Waals surface area contributed by atoms with Crippen molar-refractivity contribution < 1.29 is 0 Å². The lowest BCUT2D eigenvalue weighted by atomic mass is 9.97. The zero-order chi connectivity index (χ0) is 24.3. The normalized spacial score (nSPS) is 12.3. The second-order valence-corrected chi connectivity index (χ2v) is 9.67. The van der Waals surface area contributed by atoms with Crippen LogP contribution in [0.1, 0.15) is 0 Å². The Labute approximate surface area is 204 Å². The van der Waals surface area contributed by atoms with Gasteiger partial charge in [0.15, 0.2) is 0 Å². The summed E-state index contributed by atoms with van der Waals surface area (Å²) in [6.45, 7) is 0. The van der Waals surface area contributed by atoms with Gasteiger partial charge in [-0.25, -0.2) is 0 Å². The number of H-pyrrole nitrogens is 2. The largest absolute Gasteiger partial charge is 0.398 e. The van der Waals surface area contributed by atoms with Gasteiger partial charge in [-0.05, 0) is 41.8 Å². The molecular formula is C30H22N6. The van der Waals surface area contributed by atoms with Crippen LogP contribution in [0.2, 0.25) is 0 Å². The van der Waals surface area contributed by atoms with E-state index in [2.05, 4.69) is 58.5 Å². The van der Waals surface area contributed by atoms with E-state index in [1.807, 2.05) is 24.3 Å². The molecule has 0 saturated heterocycles. The minimum atomic E-state index is 0.698. The van der Waals surface area contributed by atoms with Gasteiger partial charge in [-0.15, -0.1) is 0 Å². The molecule has 0 aliphatic carbocycles. The highest BCUT2D eigenvalue weighted by Crippen LogP contribution is 2.44. The van der Waals surface area contributed by atoms with E-state index in [1.165, 1.54) is 0 Å². The van der Waals surface area contributed by atoms with Crippen LogP contribution in [0.3, 0.4) is 0 Å². The molecule has 2 heterocycles. The Hall–Kier alpha value is -5.10.